The highest BCUT2D eigenvalue weighted by molar-refractivity contribution is 8.01. The van der Waals surface area contributed by atoms with Crippen molar-refractivity contribution in [2.75, 3.05) is 24.5 Å². The summed E-state index contributed by atoms with van der Waals surface area (Å²) >= 11 is 1.32. The van der Waals surface area contributed by atoms with Crippen molar-refractivity contribution in [3.8, 4) is 0 Å². The molecule has 2 heterocycles. The molecular formula is C21H27N3O3S. The van der Waals surface area contributed by atoms with Crippen LogP contribution < -0.4 is 10.2 Å². The Labute approximate surface area is 170 Å². The highest BCUT2D eigenvalue weighted by atomic mass is 32.2. The normalized spacial score (nSPS) is 22.9. The second-order valence-electron chi connectivity index (χ2n) is 7.82. The highest BCUT2D eigenvalue weighted by Crippen LogP contribution is 2.39. The summed E-state index contributed by atoms with van der Waals surface area (Å²) in [6.07, 6.45) is 7.39. The number of nitrogens with one attached hydrogen (secondary N) is 1. The standard InChI is InChI=1S/C21H27N3O3S/c25-18(22-15-8-2-3-9-15)14-24-16-10-4-5-11-17(16)28-19(21(24)27)20(26)23-12-6-1-7-13-23/h4-5,10-11,15,19H,1-3,6-9,12-14H2,(H,22,25)/t19-/m1/s1. The fraction of sp³-hybridized carbons (Fsp3) is 0.571. The first-order valence-corrected chi connectivity index (χ1v) is 11.2. The topological polar surface area (TPSA) is 69.7 Å². The summed E-state index contributed by atoms with van der Waals surface area (Å²) in [6, 6.07) is 7.75. The Kier molecular flexibility index (Phi) is 5.90. The van der Waals surface area contributed by atoms with Crippen molar-refractivity contribution in [1.29, 1.82) is 0 Å². The zero-order valence-electron chi connectivity index (χ0n) is 16.1. The van der Waals surface area contributed by atoms with Gasteiger partial charge in [-0.05, 0) is 44.2 Å². The molecule has 0 unspecified atom stereocenters. The lowest BCUT2D eigenvalue weighted by Gasteiger charge is -2.36. The minimum absolute atomic E-state index is 0.0311. The van der Waals surface area contributed by atoms with E-state index in [1.165, 1.54) is 16.7 Å². The van der Waals surface area contributed by atoms with Crippen LogP contribution in [0, 0.1) is 0 Å². The number of rotatable bonds is 4. The molecule has 1 aliphatic carbocycles. The summed E-state index contributed by atoms with van der Waals surface area (Å²) in [7, 11) is 0. The van der Waals surface area contributed by atoms with Crippen LogP contribution in [0.15, 0.2) is 29.2 Å². The highest BCUT2D eigenvalue weighted by Gasteiger charge is 2.41. The molecule has 0 aromatic heterocycles. The number of anilines is 1. The Morgan fingerprint density at radius 3 is 2.50 bits per heavy atom. The van der Waals surface area contributed by atoms with E-state index >= 15 is 0 Å². The molecule has 0 bridgehead atoms. The predicted molar refractivity (Wildman–Crippen MR) is 109 cm³/mol. The minimum Gasteiger partial charge on any atom is -0.352 e. The van der Waals surface area contributed by atoms with Gasteiger partial charge >= 0.3 is 0 Å². The number of fused-ring (bicyclic) bond motifs is 1. The number of piperidine rings is 1. The molecule has 6 nitrogen and oxygen atoms in total. The first kappa shape index (κ1) is 19.3. The maximum atomic E-state index is 13.2. The van der Waals surface area contributed by atoms with E-state index < -0.39 is 5.25 Å². The van der Waals surface area contributed by atoms with Crippen molar-refractivity contribution in [2.45, 2.75) is 61.1 Å². The van der Waals surface area contributed by atoms with E-state index in [4.69, 9.17) is 0 Å². The number of amides is 3. The number of hydrogen-bond acceptors (Lipinski definition) is 4. The summed E-state index contributed by atoms with van der Waals surface area (Å²) in [5.74, 6) is -0.544. The van der Waals surface area contributed by atoms with Crippen LogP contribution in [0.3, 0.4) is 0 Å². The Hall–Kier alpha value is -2.02. The van der Waals surface area contributed by atoms with Gasteiger partial charge in [0.1, 0.15) is 6.54 Å². The van der Waals surface area contributed by atoms with Gasteiger partial charge in [0, 0.05) is 24.0 Å². The van der Waals surface area contributed by atoms with E-state index in [0.717, 1.165) is 55.5 Å². The number of benzene rings is 1. The van der Waals surface area contributed by atoms with Crippen LogP contribution in [0.25, 0.3) is 0 Å². The second kappa shape index (κ2) is 8.55. The van der Waals surface area contributed by atoms with Crippen molar-refractivity contribution in [2.24, 2.45) is 0 Å². The van der Waals surface area contributed by atoms with Crippen molar-refractivity contribution >= 4 is 35.2 Å². The van der Waals surface area contributed by atoms with E-state index in [9.17, 15) is 14.4 Å². The van der Waals surface area contributed by atoms with Crippen LogP contribution in [-0.4, -0.2) is 53.5 Å². The SMILES string of the molecule is O=C(CN1C(=O)[C@@H](C(=O)N2CCCCC2)Sc2ccccc21)NC1CCCC1. The molecule has 150 valence electrons. The summed E-state index contributed by atoms with van der Waals surface area (Å²) in [5, 5.41) is 2.25. The number of para-hydroxylation sites is 1. The average Bonchev–Trinajstić information content (AvgIpc) is 3.23. The van der Waals surface area contributed by atoms with E-state index in [1.54, 1.807) is 0 Å². The molecule has 1 N–H and O–H groups in total. The number of likely N-dealkylation sites (tertiary alicyclic amines) is 1. The molecule has 0 spiro atoms. The van der Waals surface area contributed by atoms with Gasteiger partial charge in [-0.25, -0.2) is 0 Å². The van der Waals surface area contributed by atoms with Crippen molar-refractivity contribution in [3.63, 3.8) is 0 Å². The zero-order chi connectivity index (χ0) is 19.5. The van der Waals surface area contributed by atoms with E-state index in [-0.39, 0.29) is 30.3 Å². The summed E-state index contributed by atoms with van der Waals surface area (Å²) in [5.41, 5.74) is 0.724. The molecule has 3 amide bonds. The smallest absolute Gasteiger partial charge is 0.250 e. The molecule has 2 fully saturated rings. The Morgan fingerprint density at radius 1 is 1.04 bits per heavy atom. The molecule has 1 atom stereocenters. The van der Waals surface area contributed by atoms with Gasteiger partial charge in [0.2, 0.25) is 11.8 Å². The predicted octanol–water partition coefficient (Wildman–Crippen LogP) is 2.57. The molecule has 1 saturated carbocycles. The Morgan fingerprint density at radius 2 is 1.75 bits per heavy atom. The van der Waals surface area contributed by atoms with Gasteiger partial charge in [-0.3, -0.25) is 14.4 Å². The number of nitrogens with zero attached hydrogens (tertiary/aromatic N) is 2. The van der Waals surface area contributed by atoms with Crippen LogP contribution in [-0.2, 0) is 14.4 Å². The summed E-state index contributed by atoms with van der Waals surface area (Å²) in [4.78, 5) is 43.0. The minimum atomic E-state index is -0.799. The Bertz CT molecular complexity index is 757. The first-order chi connectivity index (χ1) is 13.6. The lowest BCUT2D eigenvalue weighted by atomic mass is 10.1. The molecule has 2 aliphatic heterocycles. The van der Waals surface area contributed by atoms with Gasteiger partial charge < -0.3 is 15.1 Å². The molecule has 1 aromatic carbocycles. The van der Waals surface area contributed by atoms with Crippen LogP contribution in [0.1, 0.15) is 44.9 Å². The number of carbonyl (C=O) groups excluding carboxylic acids is 3. The van der Waals surface area contributed by atoms with Crippen molar-refractivity contribution < 1.29 is 14.4 Å². The molecule has 4 rings (SSSR count). The van der Waals surface area contributed by atoms with E-state index in [2.05, 4.69) is 5.32 Å². The zero-order valence-corrected chi connectivity index (χ0v) is 16.9. The second-order valence-corrected chi connectivity index (χ2v) is 8.97. The third-order valence-electron chi connectivity index (χ3n) is 5.81. The lowest BCUT2D eigenvalue weighted by Crippen LogP contribution is -2.53. The third-order valence-corrected chi connectivity index (χ3v) is 7.04. The monoisotopic (exact) mass is 401 g/mol. The lowest BCUT2D eigenvalue weighted by molar-refractivity contribution is -0.136. The van der Waals surface area contributed by atoms with Crippen molar-refractivity contribution in [3.05, 3.63) is 24.3 Å². The Balaban J connectivity index is 1.52. The van der Waals surface area contributed by atoms with E-state index in [0.29, 0.717) is 13.1 Å². The van der Waals surface area contributed by atoms with Crippen molar-refractivity contribution in [1.82, 2.24) is 10.2 Å². The molecule has 7 heteroatoms. The quantitative estimate of drug-likeness (QED) is 0.788. The van der Waals surface area contributed by atoms with E-state index in [1.807, 2.05) is 29.2 Å². The maximum absolute atomic E-state index is 13.2. The van der Waals surface area contributed by atoms with Gasteiger partial charge in [0.15, 0.2) is 5.25 Å². The maximum Gasteiger partial charge on any atom is 0.250 e. The van der Waals surface area contributed by atoms with Crippen LogP contribution >= 0.6 is 11.8 Å². The van der Waals surface area contributed by atoms with Gasteiger partial charge in [-0.1, -0.05) is 25.0 Å². The number of carbonyl (C=O) groups is 3. The summed E-state index contributed by atoms with van der Waals surface area (Å²) < 4.78 is 0. The molecular weight excluding hydrogens is 374 g/mol. The van der Waals surface area contributed by atoms with Crippen LogP contribution in [0.5, 0.6) is 0 Å². The summed E-state index contributed by atoms with van der Waals surface area (Å²) in [6.45, 7) is 1.40. The largest absolute Gasteiger partial charge is 0.352 e. The van der Waals surface area contributed by atoms with Gasteiger partial charge in [0.05, 0.1) is 5.69 Å². The molecule has 28 heavy (non-hydrogen) atoms. The fourth-order valence-corrected chi connectivity index (χ4v) is 5.49. The molecule has 1 saturated heterocycles. The van der Waals surface area contributed by atoms with Gasteiger partial charge in [-0.15, -0.1) is 11.8 Å². The third kappa shape index (κ3) is 4.04. The molecule has 3 aliphatic rings. The average molecular weight is 402 g/mol. The number of thioether (sulfide) groups is 1. The van der Waals surface area contributed by atoms with Crippen LogP contribution in [0.2, 0.25) is 0 Å². The van der Waals surface area contributed by atoms with Gasteiger partial charge in [-0.2, -0.15) is 0 Å². The number of hydrogen-bond donors (Lipinski definition) is 1. The first-order valence-electron chi connectivity index (χ1n) is 10.3. The molecule has 0 radical (unpaired) electrons. The fourth-order valence-electron chi connectivity index (χ4n) is 4.30. The molecule has 1 aromatic rings. The van der Waals surface area contributed by atoms with Crippen LogP contribution in [0.4, 0.5) is 5.69 Å². The van der Waals surface area contributed by atoms with Gasteiger partial charge in [0.25, 0.3) is 5.91 Å².